The topological polar surface area (TPSA) is 74.2 Å². The van der Waals surface area contributed by atoms with E-state index in [1.807, 2.05) is 54.8 Å². The standard InChI is InChI=1S/C20H23N3O2S/c1-14-23-16(13-26-14)12-19(24)21-10-11-22-20(2,25)18-9-5-7-15-6-3-4-8-17(15)18/h3-9,13,22,25H,10-12H2,1-2H3,(H,21,24). The number of rotatable bonds is 7. The highest BCUT2D eigenvalue weighted by Gasteiger charge is 2.24. The summed E-state index contributed by atoms with van der Waals surface area (Å²) in [5, 5.41) is 21.8. The Balaban J connectivity index is 1.54. The van der Waals surface area contributed by atoms with Crippen molar-refractivity contribution in [1.29, 1.82) is 0 Å². The van der Waals surface area contributed by atoms with E-state index in [9.17, 15) is 9.90 Å². The van der Waals surface area contributed by atoms with E-state index in [0.717, 1.165) is 27.0 Å². The summed E-state index contributed by atoms with van der Waals surface area (Å²) in [7, 11) is 0. The van der Waals surface area contributed by atoms with Gasteiger partial charge in [-0.25, -0.2) is 4.98 Å². The molecule has 0 spiro atoms. The second-order valence-electron chi connectivity index (χ2n) is 6.41. The quantitative estimate of drug-likeness (QED) is 0.442. The fourth-order valence-corrected chi connectivity index (χ4v) is 3.58. The van der Waals surface area contributed by atoms with Gasteiger partial charge in [0.2, 0.25) is 5.91 Å². The summed E-state index contributed by atoms with van der Waals surface area (Å²) in [5.41, 5.74) is 0.429. The Bertz CT molecular complexity index is 899. The average Bonchev–Trinajstić information content (AvgIpc) is 3.03. The molecule has 0 fully saturated rings. The van der Waals surface area contributed by atoms with Crippen molar-refractivity contribution in [1.82, 2.24) is 15.6 Å². The number of carbonyl (C=O) groups is 1. The lowest BCUT2D eigenvalue weighted by Crippen LogP contribution is -2.43. The van der Waals surface area contributed by atoms with Gasteiger partial charge in [0.1, 0.15) is 5.72 Å². The minimum absolute atomic E-state index is 0.0677. The maximum Gasteiger partial charge on any atom is 0.226 e. The van der Waals surface area contributed by atoms with E-state index in [1.165, 1.54) is 0 Å². The highest BCUT2D eigenvalue weighted by molar-refractivity contribution is 7.09. The van der Waals surface area contributed by atoms with Crippen molar-refractivity contribution in [2.45, 2.75) is 26.0 Å². The molecular weight excluding hydrogens is 346 g/mol. The molecule has 5 nitrogen and oxygen atoms in total. The molecule has 1 unspecified atom stereocenters. The van der Waals surface area contributed by atoms with Crippen LogP contribution in [0.5, 0.6) is 0 Å². The predicted molar refractivity (Wildman–Crippen MR) is 105 cm³/mol. The maximum absolute atomic E-state index is 12.0. The van der Waals surface area contributed by atoms with Crippen LogP contribution in [0.2, 0.25) is 0 Å². The summed E-state index contributed by atoms with van der Waals surface area (Å²) in [4.78, 5) is 16.2. The van der Waals surface area contributed by atoms with Crippen molar-refractivity contribution in [2.75, 3.05) is 13.1 Å². The number of benzene rings is 2. The maximum atomic E-state index is 12.0. The molecule has 3 aromatic rings. The van der Waals surface area contributed by atoms with Crippen molar-refractivity contribution in [3.63, 3.8) is 0 Å². The highest BCUT2D eigenvalue weighted by Crippen LogP contribution is 2.26. The van der Waals surface area contributed by atoms with Gasteiger partial charge in [0.25, 0.3) is 0 Å². The number of fused-ring (bicyclic) bond motifs is 1. The van der Waals surface area contributed by atoms with E-state index < -0.39 is 5.72 Å². The second-order valence-corrected chi connectivity index (χ2v) is 7.47. The lowest BCUT2D eigenvalue weighted by molar-refractivity contribution is -0.120. The van der Waals surface area contributed by atoms with Crippen LogP contribution in [0.25, 0.3) is 10.8 Å². The van der Waals surface area contributed by atoms with Gasteiger partial charge in [-0.2, -0.15) is 0 Å². The first kappa shape index (κ1) is 18.5. The van der Waals surface area contributed by atoms with Crippen LogP contribution in [-0.4, -0.2) is 29.1 Å². The van der Waals surface area contributed by atoms with Gasteiger partial charge >= 0.3 is 0 Å². The highest BCUT2D eigenvalue weighted by atomic mass is 32.1. The number of nitrogens with zero attached hydrogens (tertiary/aromatic N) is 1. The van der Waals surface area contributed by atoms with Gasteiger partial charge in [0.15, 0.2) is 0 Å². The molecule has 0 aliphatic heterocycles. The van der Waals surface area contributed by atoms with Gasteiger partial charge in [-0.15, -0.1) is 11.3 Å². The van der Waals surface area contributed by atoms with Crippen LogP contribution in [0, 0.1) is 6.92 Å². The lowest BCUT2D eigenvalue weighted by Gasteiger charge is -2.27. The molecule has 3 rings (SSSR count). The normalized spacial score (nSPS) is 13.5. The van der Waals surface area contributed by atoms with Crippen molar-refractivity contribution < 1.29 is 9.90 Å². The Morgan fingerprint density at radius 1 is 1.19 bits per heavy atom. The number of aryl methyl sites for hydroxylation is 1. The molecular formula is C20H23N3O2S. The van der Waals surface area contributed by atoms with E-state index in [4.69, 9.17) is 0 Å². The third kappa shape index (κ3) is 4.46. The van der Waals surface area contributed by atoms with Crippen molar-refractivity contribution in [2.24, 2.45) is 0 Å². The predicted octanol–water partition coefficient (Wildman–Crippen LogP) is 2.72. The monoisotopic (exact) mass is 369 g/mol. The molecule has 0 aliphatic rings. The number of aromatic nitrogens is 1. The lowest BCUT2D eigenvalue weighted by atomic mass is 9.97. The third-order valence-electron chi connectivity index (χ3n) is 4.24. The Kier molecular flexibility index (Phi) is 5.66. The molecule has 2 aromatic carbocycles. The Labute approximate surface area is 157 Å². The minimum Gasteiger partial charge on any atom is -0.372 e. The fraction of sp³-hybridized carbons (Fsp3) is 0.300. The summed E-state index contributed by atoms with van der Waals surface area (Å²) in [6.07, 6.45) is 0.282. The molecule has 0 aliphatic carbocycles. The number of hydrogen-bond acceptors (Lipinski definition) is 5. The molecule has 1 aromatic heterocycles. The Hall–Kier alpha value is -2.28. The van der Waals surface area contributed by atoms with Crippen molar-refractivity contribution in [3.8, 4) is 0 Å². The van der Waals surface area contributed by atoms with Crippen LogP contribution in [0.1, 0.15) is 23.2 Å². The van der Waals surface area contributed by atoms with Crippen LogP contribution in [0.4, 0.5) is 0 Å². The van der Waals surface area contributed by atoms with E-state index >= 15 is 0 Å². The molecule has 0 bridgehead atoms. The molecule has 1 amide bonds. The van der Waals surface area contributed by atoms with Gasteiger partial charge in [-0.05, 0) is 24.6 Å². The summed E-state index contributed by atoms with van der Waals surface area (Å²) in [6, 6.07) is 13.8. The summed E-state index contributed by atoms with van der Waals surface area (Å²) >= 11 is 1.54. The molecule has 0 saturated heterocycles. The number of aliphatic hydroxyl groups is 1. The first-order valence-corrected chi connectivity index (χ1v) is 9.47. The zero-order valence-corrected chi connectivity index (χ0v) is 15.8. The summed E-state index contributed by atoms with van der Waals surface area (Å²) in [6.45, 7) is 4.54. The largest absolute Gasteiger partial charge is 0.372 e. The third-order valence-corrected chi connectivity index (χ3v) is 5.06. The SMILES string of the molecule is Cc1nc(CC(=O)NCCNC(C)(O)c2cccc3ccccc23)cs1. The fourth-order valence-electron chi connectivity index (χ4n) is 2.97. The minimum atomic E-state index is -1.18. The van der Waals surface area contributed by atoms with Gasteiger partial charge in [0.05, 0.1) is 17.1 Å². The smallest absolute Gasteiger partial charge is 0.226 e. The zero-order chi connectivity index (χ0) is 18.6. The summed E-state index contributed by atoms with van der Waals surface area (Å²) < 4.78 is 0. The van der Waals surface area contributed by atoms with Gasteiger partial charge < -0.3 is 10.4 Å². The molecule has 6 heteroatoms. The number of carbonyl (C=O) groups excluding carboxylic acids is 1. The van der Waals surface area contributed by atoms with Crippen LogP contribution in [0.15, 0.2) is 47.8 Å². The summed E-state index contributed by atoms with van der Waals surface area (Å²) in [5.74, 6) is -0.0677. The average molecular weight is 369 g/mol. The first-order valence-electron chi connectivity index (χ1n) is 8.59. The first-order chi connectivity index (χ1) is 12.5. The number of hydrogen-bond donors (Lipinski definition) is 3. The van der Waals surface area contributed by atoms with E-state index in [1.54, 1.807) is 18.3 Å². The molecule has 26 heavy (non-hydrogen) atoms. The number of nitrogens with one attached hydrogen (secondary N) is 2. The van der Waals surface area contributed by atoms with E-state index in [-0.39, 0.29) is 12.3 Å². The van der Waals surface area contributed by atoms with E-state index in [0.29, 0.717) is 13.1 Å². The molecule has 0 saturated carbocycles. The molecule has 0 radical (unpaired) electrons. The van der Waals surface area contributed by atoms with Gasteiger partial charge in [-0.3, -0.25) is 10.1 Å². The van der Waals surface area contributed by atoms with Gasteiger partial charge in [0, 0.05) is 24.0 Å². The van der Waals surface area contributed by atoms with Crippen LogP contribution in [0.3, 0.4) is 0 Å². The van der Waals surface area contributed by atoms with Gasteiger partial charge in [-0.1, -0.05) is 42.5 Å². The van der Waals surface area contributed by atoms with Crippen LogP contribution < -0.4 is 10.6 Å². The number of thiazole rings is 1. The Morgan fingerprint density at radius 3 is 2.73 bits per heavy atom. The molecule has 1 atom stereocenters. The van der Waals surface area contributed by atoms with Crippen LogP contribution in [-0.2, 0) is 16.9 Å². The Morgan fingerprint density at radius 2 is 1.96 bits per heavy atom. The van der Waals surface area contributed by atoms with Crippen LogP contribution >= 0.6 is 11.3 Å². The zero-order valence-electron chi connectivity index (χ0n) is 15.0. The van der Waals surface area contributed by atoms with Crippen molar-refractivity contribution in [3.05, 3.63) is 64.1 Å². The second kappa shape index (κ2) is 7.95. The number of amides is 1. The van der Waals surface area contributed by atoms with Crippen molar-refractivity contribution >= 4 is 28.0 Å². The van der Waals surface area contributed by atoms with E-state index in [2.05, 4.69) is 15.6 Å². The molecule has 3 N–H and O–H groups in total. The molecule has 1 heterocycles. The molecule has 136 valence electrons.